The number of carbonyl (C=O) groups is 1. The normalized spacial score (nSPS) is 12.3. The zero-order valence-corrected chi connectivity index (χ0v) is 14.2. The summed E-state index contributed by atoms with van der Waals surface area (Å²) in [4.78, 5) is 11.8. The number of nitrogens with two attached hydrogens (primary N) is 1. The van der Waals surface area contributed by atoms with Gasteiger partial charge in [-0.1, -0.05) is 15.9 Å². The monoisotopic (exact) mass is 341 g/mol. The summed E-state index contributed by atoms with van der Waals surface area (Å²) in [5.41, 5.74) is 9.07. The Labute approximate surface area is 129 Å². The molecule has 0 aliphatic heterocycles. The number of rotatable bonds is 6. The zero-order chi connectivity index (χ0) is 15.3. The molecule has 0 aliphatic carbocycles. The second kappa shape index (κ2) is 7.64. The van der Waals surface area contributed by atoms with Gasteiger partial charge >= 0.3 is 0 Å². The molecule has 0 saturated heterocycles. The Morgan fingerprint density at radius 1 is 1.30 bits per heavy atom. The summed E-state index contributed by atoms with van der Waals surface area (Å²) in [6.07, 6.45) is 0.378. The van der Waals surface area contributed by atoms with Crippen LogP contribution in [0, 0.1) is 13.8 Å². The van der Waals surface area contributed by atoms with E-state index in [0.717, 1.165) is 21.3 Å². The fraction of sp³-hybridized carbons (Fsp3) is 0.533. The van der Waals surface area contributed by atoms with Gasteiger partial charge in [0, 0.05) is 35.2 Å². The molecule has 1 rings (SSSR count). The highest BCUT2D eigenvalue weighted by molar-refractivity contribution is 9.10. The number of hydrogen-bond donors (Lipinski definition) is 3. The Morgan fingerprint density at radius 2 is 1.85 bits per heavy atom. The maximum atomic E-state index is 11.8. The third kappa shape index (κ3) is 5.13. The second-order valence-corrected chi connectivity index (χ2v) is 6.22. The highest BCUT2D eigenvalue weighted by atomic mass is 79.9. The van der Waals surface area contributed by atoms with Crippen molar-refractivity contribution in [2.24, 2.45) is 5.73 Å². The van der Waals surface area contributed by atoms with Gasteiger partial charge in [-0.3, -0.25) is 4.79 Å². The first-order chi connectivity index (χ1) is 9.33. The van der Waals surface area contributed by atoms with Crippen LogP contribution in [0.15, 0.2) is 16.6 Å². The van der Waals surface area contributed by atoms with E-state index in [9.17, 15) is 4.79 Å². The molecule has 0 radical (unpaired) electrons. The van der Waals surface area contributed by atoms with Gasteiger partial charge < -0.3 is 16.4 Å². The predicted octanol–water partition coefficient (Wildman–Crippen LogP) is 2.72. The van der Waals surface area contributed by atoms with E-state index >= 15 is 0 Å². The minimum atomic E-state index is -0.0614. The van der Waals surface area contributed by atoms with Crippen LogP contribution in [0.5, 0.6) is 0 Å². The minimum Gasteiger partial charge on any atom is -0.381 e. The number of halogens is 1. The Bertz CT molecular complexity index is 451. The summed E-state index contributed by atoms with van der Waals surface area (Å²) in [5, 5.41) is 6.22. The van der Waals surface area contributed by atoms with Crippen molar-refractivity contribution >= 4 is 27.5 Å². The van der Waals surface area contributed by atoms with Crippen molar-refractivity contribution < 1.29 is 4.79 Å². The molecule has 1 aromatic carbocycles. The lowest BCUT2D eigenvalue weighted by Gasteiger charge is -2.20. The molecule has 4 N–H and O–H groups in total. The van der Waals surface area contributed by atoms with Gasteiger partial charge in [-0.25, -0.2) is 0 Å². The molecule has 0 aliphatic rings. The summed E-state index contributed by atoms with van der Waals surface area (Å²) < 4.78 is 1.12. The van der Waals surface area contributed by atoms with E-state index < -0.39 is 0 Å². The summed E-state index contributed by atoms with van der Waals surface area (Å²) >= 11 is 3.55. The number of amides is 1. The van der Waals surface area contributed by atoms with Crippen molar-refractivity contribution in [3.63, 3.8) is 0 Å². The van der Waals surface area contributed by atoms with Crippen molar-refractivity contribution in [2.75, 3.05) is 11.9 Å². The van der Waals surface area contributed by atoms with Crippen LogP contribution in [0.4, 0.5) is 5.69 Å². The van der Waals surface area contributed by atoms with E-state index in [1.54, 1.807) is 0 Å². The molecule has 0 aromatic heterocycles. The fourth-order valence-electron chi connectivity index (χ4n) is 2.06. The molecule has 20 heavy (non-hydrogen) atoms. The van der Waals surface area contributed by atoms with Crippen LogP contribution in [0.3, 0.4) is 0 Å². The molecule has 0 fully saturated rings. The SMILES string of the molecule is Cc1cc(NC(CN)CC(=O)NC(C)C)cc(C)c1Br. The van der Waals surface area contributed by atoms with Gasteiger partial charge in [0.1, 0.15) is 0 Å². The van der Waals surface area contributed by atoms with Crippen LogP contribution in [0.2, 0.25) is 0 Å². The highest BCUT2D eigenvalue weighted by Crippen LogP contribution is 2.25. The minimum absolute atomic E-state index is 0.0218. The number of aryl methyl sites for hydroxylation is 2. The summed E-state index contributed by atoms with van der Waals surface area (Å²) in [6.45, 7) is 8.41. The molecule has 112 valence electrons. The molecule has 1 amide bonds. The smallest absolute Gasteiger partial charge is 0.222 e. The summed E-state index contributed by atoms with van der Waals surface area (Å²) in [7, 11) is 0. The van der Waals surface area contributed by atoms with Gasteiger partial charge in [-0.2, -0.15) is 0 Å². The van der Waals surface area contributed by atoms with Gasteiger partial charge in [0.15, 0.2) is 0 Å². The molecular formula is C15H24BrN3O. The second-order valence-electron chi connectivity index (χ2n) is 5.43. The molecule has 5 heteroatoms. The van der Waals surface area contributed by atoms with Gasteiger partial charge in [-0.05, 0) is 51.0 Å². The van der Waals surface area contributed by atoms with Crippen molar-refractivity contribution in [1.29, 1.82) is 0 Å². The largest absolute Gasteiger partial charge is 0.381 e. The average Bonchev–Trinajstić information content (AvgIpc) is 2.33. The van der Waals surface area contributed by atoms with Gasteiger partial charge in [0.2, 0.25) is 5.91 Å². The van der Waals surface area contributed by atoms with Crippen LogP contribution in [0.25, 0.3) is 0 Å². The van der Waals surface area contributed by atoms with Crippen molar-refractivity contribution in [3.05, 3.63) is 27.7 Å². The van der Waals surface area contributed by atoms with E-state index in [4.69, 9.17) is 5.73 Å². The number of hydrogen-bond acceptors (Lipinski definition) is 3. The third-order valence-electron chi connectivity index (χ3n) is 2.97. The molecule has 1 atom stereocenters. The molecule has 0 saturated carbocycles. The lowest BCUT2D eigenvalue weighted by atomic mass is 10.1. The lowest BCUT2D eigenvalue weighted by Crippen LogP contribution is -2.38. The Balaban J connectivity index is 2.71. The quantitative estimate of drug-likeness (QED) is 0.745. The first-order valence-corrected chi connectivity index (χ1v) is 7.65. The Morgan fingerprint density at radius 3 is 2.30 bits per heavy atom. The lowest BCUT2D eigenvalue weighted by molar-refractivity contribution is -0.121. The number of nitrogens with one attached hydrogen (secondary N) is 2. The topological polar surface area (TPSA) is 67.1 Å². The number of benzene rings is 1. The van der Waals surface area contributed by atoms with Gasteiger partial charge in [0.05, 0.1) is 0 Å². The first kappa shape index (κ1) is 17.0. The van der Waals surface area contributed by atoms with Crippen molar-refractivity contribution in [2.45, 2.75) is 46.2 Å². The summed E-state index contributed by atoms with van der Waals surface area (Å²) in [6, 6.07) is 4.20. The standard InChI is InChI=1S/C15H24BrN3O/c1-9(2)18-14(20)7-13(8-17)19-12-5-10(3)15(16)11(4)6-12/h5-6,9,13,19H,7-8,17H2,1-4H3,(H,18,20). The molecule has 1 unspecified atom stereocenters. The van der Waals surface area contributed by atoms with Crippen molar-refractivity contribution in [1.82, 2.24) is 5.32 Å². The van der Waals surface area contributed by atoms with Crippen LogP contribution in [-0.2, 0) is 4.79 Å². The average molecular weight is 342 g/mol. The summed E-state index contributed by atoms with van der Waals surface area (Å²) in [5.74, 6) is 0.0218. The number of anilines is 1. The number of carbonyl (C=O) groups excluding carboxylic acids is 1. The molecule has 1 aromatic rings. The Kier molecular flexibility index (Phi) is 6.49. The Hall–Kier alpha value is -1.07. The molecule has 0 bridgehead atoms. The van der Waals surface area contributed by atoms with Gasteiger partial charge in [-0.15, -0.1) is 0 Å². The molecule has 0 spiro atoms. The molecular weight excluding hydrogens is 318 g/mol. The zero-order valence-electron chi connectivity index (χ0n) is 12.6. The highest BCUT2D eigenvalue weighted by Gasteiger charge is 2.13. The molecule has 4 nitrogen and oxygen atoms in total. The van der Waals surface area contributed by atoms with E-state index in [-0.39, 0.29) is 18.0 Å². The maximum absolute atomic E-state index is 11.8. The predicted molar refractivity (Wildman–Crippen MR) is 88.0 cm³/mol. The van der Waals surface area contributed by atoms with E-state index in [1.807, 2.05) is 27.7 Å². The van der Waals surface area contributed by atoms with Crippen LogP contribution in [0.1, 0.15) is 31.4 Å². The maximum Gasteiger partial charge on any atom is 0.222 e. The van der Waals surface area contributed by atoms with Crippen molar-refractivity contribution in [3.8, 4) is 0 Å². The molecule has 0 heterocycles. The van der Waals surface area contributed by atoms with Crippen LogP contribution >= 0.6 is 15.9 Å². The van der Waals surface area contributed by atoms with Crippen LogP contribution < -0.4 is 16.4 Å². The van der Waals surface area contributed by atoms with Crippen LogP contribution in [-0.4, -0.2) is 24.5 Å². The first-order valence-electron chi connectivity index (χ1n) is 6.86. The van der Waals surface area contributed by atoms with E-state index in [0.29, 0.717) is 13.0 Å². The third-order valence-corrected chi connectivity index (χ3v) is 4.22. The van der Waals surface area contributed by atoms with Gasteiger partial charge in [0.25, 0.3) is 0 Å². The fourth-order valence-corrected chi connectivity index (χ4v) is 2.29. The van der Waals surface area contributed by atoms with E-state index in [1.165, 1.54) is 0 Å². The van der Waals surface area contributed by atoms with E-state index in [2.05, 4.69) is 38.7 Å².